The molecule has 1 aromatic rings. The molecular weight excluding hydrogens is 296 g/mol. The van der Waals surface area contributed by atoms with Gasteiger partial charge >= 0.3 is 0 Å². The van der Waals surface area contributed by atoms with Gasteiger partial charge in [0.05, 0.1) is 6.07 Å². The molecule has 1 fully saturated rings. The molecule has 0 aromatic heterocycles. The van der Waals surface area contributed by atoms with Crippen molar-refractivity contribution in [2.75, 3.05) is 0 Å². The molecule has 126 valence electrons. The molecule has 0 heterocycles. The van der Waals surface area contributed by atoms with Crippen LogP contribution in [0.2, 0.25) is 0 Å². The van der Waals surface area contributed by atoms with Crippen molar-refractivity contribution in [3.8, 4) is 6.07 Å². The van der Waals surface area contributed by atoms with Crippen LogP contribution in [0.15, 0.2) is 42.0 Å². The Labute approximate surface area is 144 Å². The van der Waals surface area contributed by atoms with Gasteiger partial charge in [0.15, 0.2) is 0 Å². The van der Waals surface area contributed by atoms with Gasteiger partial charge in [-0.3, -0.25) is 4.79 Å². The van der Waals surface area contributed by atoms with Crippen LogP contribution in [-0.2, 0) is 0 Å². The standard InChI is InChI=1S/C21H26N2O/c1-20(2)11-15(14-22)12-21(3)13-17(9-10-18(20)21)23-19(24)16-7-5-4-6-8-16/h4-8,12,17-18H,9-11,13H2,1-3H3,(H,23,24)/t17-,18-,21+/m1/s1. The predicted molar refractivity (Wildman–Crippen MR) is 95.2 cm³/mol. The van der Waals surface area contributed by atoms with Gasteiger partial charge in [0, 0.05) is 17.2 Å². The summed E-state index contributed by atoms with van der Waals surface area (Å²) in [6, 6.07) is 11.9. The number of benzene rings is 1. The number of nitrogens with zero attached hydrogens (tertiary/aromatic N) is 1. The minimum Gasteiger partial charge on any atom is -0.349 e. The Morgan fingerprint density at radius 2 is 1.92 bits per heavy atom. The number of nitriles is 1. The minimum absolute atomic E-state index is 0.00204. The molecule has 0 radical (unpaired) electrons. The molecule has 3 nitrogen and oxygen atoms in total. The topological polar surface area (TPSA) is 52.9 Å². The Bertz CT molecular complexity index is 698. The van der Waals surface area contributed by atoms with E-state index in [1.165, 1.54) is 0 Å². The summed E-state index contributed by atoms with van der Waals surface area (Å²) >= 11 is 0. The van der Waals surface area contributed by atoms with E-state index in [1.54, 1.807) is 0 Å². The maximum Gasteiger partial charge on any atom is 0.251 e. The maximum absolute atomic E-state index is 12.4. The minimum atomic E-state index is -0.0142. The van der Waals surface area contributed by atoms with Gasteiger partial charge in [0.1, 0.15) is 0 Å². The van der Waals surface area contributed by atoms with Crippen molar-refractivity contribution in [1.29, 1.82) is 5.26 Å². The van der Waals surface area contributed by atoms with Crippen LogP contribution in [0, 0.1) is 28.1 Å². The monoisotopic (exact) mass is 322 g/mol. The van der Waals surface area contributed by atoms with E-state index in [0.29, 0.717) is 11.5 Å². The summed E-state index contributed by atoms with van der Waals surface area (Å²) in [5, 5.41) is 12.6. The second-order valence-corrected chi connectivity index (χ2v) is 8.32. The van der Waals surface area contributed by atoms with E-state index in [9.17, 15) is 10.1 Å². The van der Waals surface area contributed by atoms with E-state index in [0.717, 1.165) is 31.3 Å². The Balaban J connectivity index is 1.77. The molecule has 2 aliphatic rings. The fourth-order valence-electron chi connectivity index (χ4n) is 5.03. The molecule has 3 rings (SSSR count). The molecule has 0 aliphatic heterocycles. The zero-order chi connectivity index (χ0) is 17.4. The van der Waals surface area contributed by atoms with Crippen molar-refractivity contribution >= 4 is 5.91 Å². The van der Waals surface area contributed by atoms with Gasteiger partial charge in [-0.25, -0.2) is 0 Å². The van der Waals surface area contributed by atoms with Gasteiger partial charge in [-0.05, 0) is 54.6 Å². The third kappa shape index (κ3) is 3.11. The van der Waals surface area contributed by atoms with Gasteiger partial charge in [0.25, 0.3) is 5.91 Å². The number of amides is 1. The quantitative estimate of drug-likeness (QED) is 0.873. The van der Waals surface area contributed by atoms with Crippen LogP contribution in [0.4, 0.5) is 0 Å². The molecule has 0 spiro atoms. The third-order valence-electron chi connectivity index (χ3n) is 5.89. The number of rotatable bonds is 2. The first kappa shape index (κ1) is 16.8. The maximum atomic E-state index is 12.4. The number of allylic oxidation sites excluding steroid dienone is 2. The second kappa shape index (κ2) is 6.09. The molecule has 1 saturated carbocycles. The van der Waals surface area contributed by atoms with Gasteiger partial charge < -0.3 is 5.32 Å². The predicted octanol–water partition coefficient (Wildman–Crippen LogP) is 4.47. The van der Waals surface area contributed by atoms with Crippen molar-refractivity contribution in [3.05, 3.63) is 47.5 Å². The Kier molecular flexibility index (Phi) is 4.25. The first-order valence-corrected chi connectivity index (χ1v) is 8.82. The highest BCUT2D eigenvalue weighted by molar-refractivity contribution is 5.94. The van der Waals surface area contributed by atoms with E-state index in [-0.39, 0.29) is 22.8 Å². The van der Waals surface area contributed by atoms with Crippen molar-refractivity contribution in [2.24, 2.45) is 16.7 Å². The highest BCUT2D eigenvalue weighted by atomic mass is 16.1. The highest BCUT2D eigenvalue weighted by Crippen LogP contribution is 2.56. The fraction of sp³-hybridized carbons (Fsp3) is 0.524. The van der Waals surface area contributed by atoms with Gasteiger partial charge in [0.2, 0.25) is 0 Å². The van der Waals surface area contributed by atoms with Crippen LogP contribution in [0.25, 0.3) is 0 Å². The van der Waals surface area contributed by atoms with Crippen molar-refractivity contribution in [1.82, 2.24) is 5.32 Å². The molecule has 1 amide bonds. The average Bonchev–Trinajstić information content (AvgIpc) is 2.53. The summed E-state index contributed by atoms with van der Waals surface area (Å²) in [4.78, 5) is 12.4. The molecule has 3 atom stereocenters. The number of carbonyl (C=O) groups is 1. The van der Waals surface area contributed by atoms with Gasteiger partial charge in [-0.15, -0.1) is 0 Å². The van der Waals surface area contributed by atoms with Crippen molar-refractivity contribution in [2.45, 2.75) is 52.5 Å². The molecule has 24 heavy (non-hydrogen) atoms. The molecule has 0 unspecified atom stereocenters. The zero-order valence-electron chi connectivity index (χ0n) is 14.8. The van der Waals surface area contributed by atoms with Crippen LogP contribution in [0.5, 0.6) is 0 Å². The molecule has 1 aromatic carbocycles. The van der Waals surface area contributed by atoms with Crippen LogP contribution in [0.3, 0.4) is 0 Å². The normalized spacial score (nSPS) is 31.3. The second-order valence-electron chi connectivity index (χ2n) is 8.32. The number of hydrogen-bond donors (Lipinski definition) is 1. The van der Waals surface area contributed by atoms with E-state index in [4.69, 9.17) is 0 Å². The summed E-state index contributed by atoms with van der Waals surface area (Å²) in [6.45, 7) is 6.82. The number of hydrogen-bond acceptors (Lipinski definition) is 2. The van der Waals surface area contributed by atoms with Crippen molar-refractivity contribution in [3.63, 3.8) is 0 Å². The van der Waals surface area contributed by atoms with Crippen LogP contribution < -0.4 is 5.32 Å². The van der Waals surface area contributed by atoms with E-state index >= 15 is 0 Å². The third-order valence-corrected chi connectivity index (χ3v) is 5.89. The summed E-state index contributed by atoms with van der Waals surface area (Å²) in [7, 11) is 0. The van der Waals surface area contributed by atoms with Gasteiger partial charge in [-0.1, -0.05) is 45.0 Å². The largest absolute Gasteiger partial charge is 0.349 e. The van der Waals surface area contributed by atoms with E-state index < -0.39 is 0 Å². The lowest BCUT2D eigenvalue weighted by molar-refractivity contribution is 0.0253. The highest BCUT2D eigenvalue weighted by Gasteiger charge is 2.49. The molecular formula is C21H26N2O. The first-order chi connectivity index (χ1) is 11.3. The SMILES string of the molecule is CC1(C)CC(C#N)=C[C@@]2(C)C[C@H](NC(=O)c3ccccc3)CC[C@H]12. The smallest absolute Gasteiger partial charge is 0.251 e. The lowest BCUT2D eigenvalue weighted by atomic mass is 9.52. The lowest BCUT2D eigenvalue weighted by Gasteiger charge is -2.53. The molecule has 1 N–H and O–H groups in total. The van der Waals surface area contributed by atoms with E-state index in [1.807, 2.05) is 30.3 Å². The Morgan fingerprint density at radius 3 is 2.58 bits per heavy atom. The molecule has 0 saturated heterocycles. The molecule has 3 heteroatoms. The molecule has 0 bridgehead atoms. The first-order valence-electron chi connectivity index (χ1n) is 8.82. The van der Waals surface area contributed by atoms with Crippen LogP contribution in [-0.4, -0.2) is 11.9 Å². The number of nitrogens with one attached hydrogen (secondary N) is 1. The lowest BCUT2D eigenvalue weighted by Crippen LogP contribution is -2.50. The summed E-state index contributed by atoms with van der Waals surface area (Å²) in [5.74, 6) is 0.564. The van der Waals surface area contributed by atoms with Gasteiger partial charge in [-0.2, -0.15) is 5.26 Å². The summed E-state index contributed by atoms with van der Waals surface area (Å²) in [6.07, 6.45) is 6.07. The number of carbonyl (C=O) groups excluding carboxylic acids is 1. The van der Waals surface area contributed by atoms with E-state index in [2.05, 4.69) is 38.2 Å². The number of fused-ring (bicyclic) bond motifs is 1. The summed E-state index contributed by atoms with van der Waals surface area (Å²) in [5.41, 5.74) is 1.73. The molecule has 2 aliphatic carbocycles. The van der Waals surface area contributed by atoms with Crippen LogP contribution >= 0.6 is 0 Å². The fourth-order valence-corrected chi connectivity index (χ4v) is 5.03. The zero-order valence-corrected chi connectivity index (χ0v) is 14.8. The summed E-state index contributed by atoms with van der Waals surface area (Å²) < 4.78 is 0. The van der Waals surface area contributed by atoms with Crippen molar-refractivity contribution < 1.29 is 4.79 Å². The van der Waals surface area contributed by atoms with Crippen LogP contribution in [0.1, 0.15) is 56.8 Å². The Morgan fingerprint density at radius 1 is 1.21 bits per heavy atom. The Hall–Kier alpha value is -2.08. The average molecular weight is 322 g/mol.